The molecule has 24 heavy (non-hydrogen) atoms. The van der Waals surface area contributed by atoms with Crippen LogP contribution in [-0.2, 0) is 4.74 Å². The van der Waals surface area contributed by atoms with Crippen molar-refractivity contribution in [3.8, 4) is 17.6 Å². The molecule has 1 heterocycles. The van der Waals surface area contributed by atoms with Crippen LogP contribution >= 0.6 is 0 Å². The molecule has 0 amide bonds. The topological polar surface area (TPSA) is 71.8 Å². The van der Waals surface area contributed by atoms with Crippen molar-refractivity contribution in [1.82, 2.24) is 0 Å². The maximum Gasteiger partial charge on any atom is 0.343 e. The highest BCUT2D eigenvalue weighted by Crippen LogP contribution is 2.18. The number of nitrogens with zero attached hydrogens (tertiary/aromatic N) is 1. The lowest BCUT2D eigenvalue weighted by Crippen LogP contribution is -2.08. The number of ether oxygens (including phenoxy) is 3. The van der Waals surface area contributed by atoms with Crippen molar-refractivity contribution >= 4 is 5.97 Å². The van der Waals surface area contributed by atoms with E-state index in [2.05, 4.69) is 0 Å². The zero-order valence-electron chi connectivity index (χ0n) is 13.1. The molecule has 0 saturated carbocycles. The summed E-state index contributed by atoms with van der Waals surface area (Å²) in [6, 6.07) is 15.3. The number of benzene rings is 2. The summed E-state index contributed by atoms with van der Waals surface area (Å²) < 4.78 is 16.0. The fourth-order valence-corrected chi connectivity index (χ4v) is 2.19. The number of esters is 1. The fraction of sp³-hybridized carbons (Fsp3) is 0.263. The third-order valence-electron chi connectivity index (χ3n) is 3.63. The first-order valence-corrected chi connectivity index (χ1v) is 7.81. The van der Waals surface area contributed by atoms with Crippen molar-refractivity contribution in [1.29, 1.82) is 5.26 Å². The predicted octanol–water partition coefficient (Wildman–Crippen LogP) is 3.34. The lowest BCUT2D eigenvalue weighted by molar-refractivity contribution is 0.0734. The minimum Gasteiger partial charge on any atom is -0.494 e. The second-order valence-electron chi connectivity index (χ2n) is 5.50. The lowest BCUT2D eigenvalue weighted by Gasteiger charge is -2.07. The lowest BCUT2D eigenvalue weighted by atomic mass is 10.2. The Morgan fingerprint density at radius 3 is 2.42 bits per heavy atom. The summed E-state index contributed by atoms with van der Waals surface area (Å²) in [7, 11) is 0. The Morgan fingerprint density at radius 2 is 1.79 bits per heavy atom. The summed E-state index contributed by atoms with van der Waals surface area (Å²) in [6.07, 6.45) is 2.40. The van der Waals surface area contributed by atoms with E-state index in [-0.39, 0.29) is 0 Å². The van der Waals surface area contributed by atoms with Gasteiger partial charge in [-0.05, 0) is 61.4 Å². The van der Waals surface area contributed by atoms with E-state index in [1.807, 2.05) is 6.07 Å². The number of hydrogen-bond acceptors (Lipinski definition) is 5. The normalized spacial score (nSPS) is 15.4. The summed E-state index contributed by atoms with van der Waals surface area (Å²) in [6.45, 7) is 1.50. The van der Waals surface area contributed by atoms with Crippen LogP contribution in [0.5, 0.6) is 11.5 Å². The van der Waals surface area contributed by atoms with E-state index in [1.165, 1.54) is 0 Å². The molecule has 3 rings (SSSR count). The van der Waals surface area contributed by atoms with Gasteiger partial charge in [0.2, 0.25) is 0 Å². The number of nitriles is 1. The van der Waals surface area contributed by atoms with Crippen molar-refractivity contribution < 1.29 is 19.0 Å². The minimum absolute atomic E-state index is 0.404. The Balaban J connectivity index is 1.49. The van der Waals surface area contributed by atoms with E-state index in [0.29, 0.717) is 29.6 Å². The van der Waals surface area contributed by atoms with Gasteiger partial charge in [-0.2, -0.15) is 5.26 Å². The molecule has 0 radical (unpaired) electrons. The van der Waals surface area contributed by atoms with Gasteiger partial charge in [-0.3, -0.25) is 0 Å². The predicted molar refractivity (Wildman–Crippen MR) is 87.0 cm³/mol. The number of hydrogen-bond donors (Lipinski definition) is 0. The van der Waals surface area contributed by atoms with Crippen LogP contribution < -0.4 is 9.47 Å². The maximum atomic E-state index is 12.1. The quantitative estimate of drug-likeness (QED) is 0.338. The molecule has 1 aliphatic rings. The van der Waals surface area contributed by atoms with Crippen LogP contribution in [0.2, 0.25) is 0 Å². The van der Waals surface area contributed by atoms with Gasteiger partial charge in [0.05, 0.1) is 36.5 Å². The van der Waals surface area contributed by atoms with E-state index in [0.717, 1.165) is 25.2 Å². The maximum absolute atomic E-state index is 12.1. The molecular formula is C19H17NO4. The largest absolute Gasteiger partial charge is 0.494 e. The highest BCUT2D eigenvalue weighted by atomic mass is 16.6. The number of carbonyl (C=O) groups is 1. The monoisotopic (exact) mass is 323 g/mol. The molecule has 1 fully saturated rings. The van der Waals surface area contributed by atoms with Crippen LogP contribution in [0, 0.1) is 11.3 Å². The summed E-state index contributed by atoms with van der Waals surface area (Å²) in [5, 5.41) is 8.75. The molecule has 0 aromatic heterocycles. The van der Waals surface area contributed by atoms with Crippen molar-refractivity contribution in [3.05, 3.63) is 59.7 Å². The average Bonchev–Trinajstić information content (AvgIpc) is 3.44. The van der Waals surface area contributed by atoms with Crippen LogP contribution in [0.15, 0.2) is 48.5 Å². The molecule has 1 aliphatic heterocycles. The van der Waals surface area contributed by atoms with E-state index in [9.17, 15) is 4.79 Å². The average molecular weight is 323 g/mol. The first-order chi connectivity index (χ1) is 11.7. The second-order valence-corrected chi connectivity index (χ2v) is 5.50. The van der Waals surface area contributed by atoms with Gasteiger partial charge in [0.15, 0.2) is 0 Å². The van der Waals surface area contributed by atoms with Crippen LogP contribution in [0.1, 0.15) is 28.8 Å². The Bertz CT molecular complexity index is 727. The molecule has 0 aliphatic carbocycles. The Hall–Kier alpha value is -2.84. The van der Waals surface area contributed by atoms with Crippen molar-refractivity contribution in [2.45, 2.75) is 18.9 Å². The van der Waals surface area contributed by atoms with Gasteiger partial charge in [-0.15, -0.1) is 0 Å². The summed E-state index contributed by atoms with van der Waals surface area (Å²) in [5.41, 5.74) is 0.961. The number of epoxide rings is 1. The van der Waals surface area contributed by atoms with E-state index < -0.39 is 5.97 Å². The summed E-state index contributed by atoms with van der Waals surface area (Å²) in [5.74, 6) is 0.681. The molecule has 0 bridgehead atoms. The van der Waals surface area contributed by atoms with Gasteiger partial charge in [0.1, 0.15) is 11.5 Å². The van der Waals surface area contributed by atoms with Gasteiger partial charge in [0.25, 0.3) is 0 Å². The van der Waals surface area contributed by atoms with Gasteiger partial charge in [-0.25, -0.2) is 4.79 Å². The Labute approximate surface area is 140 Å². The SMILES string of the molecule is N#Cc1ccc(OC(=O)c2ccc(OCCCC3CO3)cc2)cc1. The first kappa shape index (κ1) is 16.0. The van der Waals surface area contributed by atoms with Crippen molar-refractivity contribution in [2.75, 3.05) is 13.2 Å². The molecule has 2 aromatic carbocycles. The van der Waals surface area contributed by atoms with Crippen LogP contribution in [0.25, 0.3) is 0 Å². The van der Waals surface area contributed by atoms with Gasteiger partial charge in [0, 0.05) is 0 Å². The number of carbonyl (C=O) groups excluding carboxylic acids is 1. The fourth-order valence-electron chi connectivity index (χ4n) is 2.19. The molecule has 1 saturated heterocycles. The molecule has 122 valence electrons. The highest BCUT2D eigenvalue weighted by Gasteiger charge is 2.21. The minimum atomic E-state index is -0.447. The van der Waals surface area contributed by atoms with E-state index in [1.54, 1.807) is 48.5 Å². The second kappa shape index (κ2) is 7.62. The molecule has 1 unspecified atom stereocenters. The van der Waals surface area contributed by atoms with Gasteiger partial charge < -0.3 is 14.2 Å². The first-order valence-electron chi connectivity index (χ1n) is 7.81. The Kier molecular flexibility index (Phi) is 5.09. The summed E-state index contributed by atoms with van der Waals surface area (Å²) in [4.78, 5) is 12.1. The van der Waals surface area contributed by atoms with Gasteiger partial charge in [-0.1, -0.05) is 0 Å². The zero-order chi connectivity index (χ0) is 16.8. The molecule has 2 aromatic rings. The van der Waals surface area contributed by atoms with E-state index >= 15 is 0 Å². The van der Waals surface area contributed by atoms with E-state index in [4.69, 9.17) is 19.5 Å². The van der Waals surface area contributed by atoms with Gasteiger partial charge >= 0.3 is 5.97 Å². The zero-order valence-corrected chi connectivity index (χ0v) is 13.1. The van der Waals surface area contributed by atoms with Crippen molar-refractivity contribution in [3.63, 3.8) is 0 Å². The smallest absolute Gasteiger partial charge is 0.343 e. The van der Waals surface area contributed by atoms with Crippen molar-refractivity contribution in [2.24, 2.45) is 0 Å². The van der Waals surface area contributed by atoms with Crippen LogP contribution in [-0.4, -0.2) is 25.3 Å². The third-order valence-corrected chi connectivity index (χ3v) is 3.63. The molecule has 0 spiro atoms. The van der Waals surface area contributed by atoms with Crippen LogP contribution in [0.4, 0.5) is 0 Å². The highest BCUT2D eigenvalue weighted by molar-refractivity contribution is 5.91. The molecule has 0 N–H and O–H groups in total. The Morgan fingerprint density at radius 1 is 1.12 bits per heavy atom. The summed E-state index contributed by atoms with van der Waals surface area (Å²) >= 11 is 0. The molecular weight excluding hydrogens is 306 g/mol. The number of rotatable bonds is 7. The van der Waals surface area contributed by atoms with Crippen LogP contribution in [0.3, 0.4) is 0 Å². The molecule has 5 heteroatoms. The molecule has 1 atom stereocenters. The molecule has 5 nitrogen and oxygen atoms in total. The standard InChI is InChI=1S/C19H17NO4/c20-12-14-3-7-17(8-4-14)24-19(21)15-5-9-16(10-6-15)22-11-1-2-18-13-23-18/h3-10,18H,1-2,11,13H2. The third kappa shape index (κ3) is 4.58.